The van der Waals surface area contributed by atoms with Crippen molar-refractivity contribution >= 4 is 33.1 Å². The average Bonchev–Trinajstić information content (AvgIpc) is 3.19. The monoisotopic (exact) mass is 498 g/mol. The minimum Gasteiger partial charge on any atom is -0.444 e. The Balaban J connectivity index is 1.52. The Kier molecular flexibility index (Phi) is 6.02. The van der Waals surface area contributed by atoms with Crippen molar-refractivity contribution in [2.24, 2.45) is 0 Å². The molecule has 4 rings (SSSR count). The Morgan fingerprint density at radius 3 is 2.69 bits per heavy atom. The molecule has 3 heterocycles. The molecule has 1 aromatic carbocycles. The molecule has 0 N–H and O–H groups in total. The largest absolute Gasteiger partial charge is 0.444 e. The van der Waals surface area contributed by atoms with Gasteiger partial charge in [0.25, 0.3) is 0 Å². The van der Waals surface area contributed by atoms with E-state index < -0.39 is 5.60 Å². The molecule has 0 spiro atoms. The van der Waals surface area contributed by atoms with Crippen LogP contribution in [-0.4, -0.2) is 49.4 Å². The molecule has 9 nitrogen and oxygen atoms in total. The Labute approximate surface area is 194 Å². The number of rotatable bonds is 3. The van der Waals surface area contributed by atoms with Crippen LogP contribution in [0.4, 0.5) is 4.79 Å². The molecule has 166 valence electrons. The predicted molar refractivity (Wildman–Crippen MR) is 120 cm³/mol. The summed E-state index contributed by atoms with van der Waals surface area (Å²) in [5.41, 5.74) is 0.536. The molecule has 1 fully saturated rings. The minimum atomic E-state index is -0.514. The zero-order chi connectivity index (χ0) is 22.9. The van der Waals surface area contributed by atoms with Crippen molar-refractivity contribution in [1.29, 1.82) is 5.26 Å². The first-order valence-corrected chi connectivity index (χ1v) is 11.1. The number of hydrogen-bond donors (Lipinski definition) is 0. The molecule has 1 saturated heterocycles. The predicted octanol–water partition coefficient (Wildman–Crippen LogP) is 4.82. The lowest BCUT2D eigenvalue weighted by Crippen LogP contribution is -2.42. The van der Waals surface area contributed by atoms with Crippen molar-refractivity contribution < 1.29 is 14.3 Å². The third kappa shape index (κ3) is 4.67. The summed E-state index contributed by atoms with van der Waals surface area (Å²) in [5, 5.41) is 14.6. The lowest BCUT2D eigenvalue weighted by molar-refractivity contribution is 0.0186. The second-order valence-corrected chi connectivity index (χ2v) is 9.47. The fourth-order valence-electron chi connectivity index (χ4n) is 3.59. The number of likely N-dealkylation sites (tertiary alicyclic amines) is 1. The van der Waals surface area contributed by atoms with Crippen LogP contribution in [0, 0.1) is 11.3 Å². The van der Waals surface area contributed by atoms with Gasteiger partial charge in [-0.25, -0.2) is 19.4 Å². The zero-order valence-corrected chi connectivity index (χ0v) is 19.7. The maximum absolute atomic E-state index is 12.3. The number of carbonyl (C=O) groups excluding carboxylic acids is 1. The van der Waals surface area contributed by atoms with Gasteiger partial charge in [0.05, 0.1) is 17.8 Å². The Morgan fingerprint density at radius 2 is 2.00 bits per heavy atom. The molecule has 1 aliphatic heterocycles. The molecule has 0 unspecified atom stereocenters. The fraction of sp³-hybridized carbons (Fsp3) is 0.409. The molecular weight excluding hydrogens is 476 g/mol. The van der Waals surface area contributed by atoms with E-state index in [4.69, 9.17) is 9.47 Å². The third-order valence-electron chi connectivity index (χ3n) is 5.09. The van der Waals surface area contributed by atoms with Gasteiger partial charge in [0, 0.05) is 17.6 Å². The molecule has 3 aromatic rings. The van der Waals surface area contributed by atoms with Gasteiger partial charge in [0.2, 0.25) is 5.88 Å². The molecular formula is C22H23BrN6O3. The molecule has 0 aliphatic carbocycles. The van der Waals surface area contributed by atoms with Gasteiger partial charge in [-0.15, -0.1) is 0 Å². The lowest BCUT2D eigenvalue weighted by Gasteiger charge is -2.33. The SMILES string of the molecule is CC(C)(C)OC(=O)N1CCC(n2ncc3c(Oc4ccc(Br)cc4C#N)ncnc32)CC1. The topological polar surface area (TPSA) is 106 Å². The van der Waals surface area contributed by atoms with Gasteiger partial charge < -0.3 is 14.4 Å². The molecule has 1 amide bonds. The van der Waals surface area contributed by atoms with Gasteiger partial charge in [-0.2, -0.15) is 10.4 Å². The molecule has 32 heavy (non-hydrogen) atoms. The van der Waals surface area contributed by atoms with E-state index in [0.717, 1.165) is 17.3 Å². The molecule has 0 atom stereocenters. The number of halogens is 1. The average molecular weight is 499 g/mol. The lowest BCUT2D eigenvalue weighted by atomic mass is 10.1. The summed E-state index contributed by atoms with van der Waals surface area (Å²) >= 11 is 3.36. The van der Waals surface area contributed by atoms with E-state index in [9.17, 15) is 10.1 Å². The van der Waals surface area contributed by atoms with Crippen molar-refractivity contribution in [1.82, 2.24) is 24.6 Å². The van der Waals surface area contributed by atoms with Crippen LogP contribution in [0.25, 0.3) is 11.0 Å². The number of amides is 1. The molecule has 0 radical (unpaired) electrons. The zero-order valence-electron chi connectivity index (χ0n) is 18.1. The summed E-state index contributed by atoms with van der Waals surface area (Å²) in [6.45, 7) is 6.75. The van der Waals surface area contributed by atoms with Gasteiger partial charge >= 0.3 is 6.09 Å². The summed E-state index contributed by atoms with van der Waals surface area (Å²) in [6.07, 6.45) is 4.29. The van der Waals surface area contributed by atoms with Crippen LogP contribution in [0.15, 0.2) is 35.2 Å². The highest BCUT2D eigenvalue weighted by atomic mass is 79.9. The molecule has 1 aliphatic rings. The van der Waals surface area contributed by atoms with Crippen LogP contribution in [0.5, 0.6) is 11.6 Å². The van der Waals surface area contributed by atoms with Crippen LogP contribution in [-0.2, 0) is 4.74 Å². The molecule has 10 heteroatoms. The minimum absolute atomic E-state index is 0.0938. The second-order valence-electron chi connectivity index (χ2n) is 8.56. The highest BCUT2D eigenvalue weighted by molar-refractivity contribution is 9.10. The van der Waals surface area contributed by atoms with Crippen molar-refractivity contribution in [2.45, 2.75) is 45.3 Å². The van der Waals surface area contributed by atoms with Crippen molar-refractivity contribution in [3.63, 3.8) is 0 Å². The Bertz CT molecular complexity index is 1190. The second kappa shape index (κ2) is 8.74. The van der Waals surface area contributed by atoms with Crippen LogP contribution in [0.2, 0.25) is 0 Å². The molecule has 0 bridgehead atoms. The summed E-state index contributed by atoms with van der Waals surface area (Å²) in [5.74, 6) is 0.750. The van der Waals surface area contributed by atoms with E-state index in [1.807, 2.05) is 25.5 Å². The Morgan fingerprint density at radius 1 is 1.25 bits per heavy atom. The highest BCUT2D eigenvalue weighted by Gasteiger charge is 2.29. The molecule has 0 saturated carbocycles. The van der Waals surface area contributed by atoms with Gasteiger partial charge in [0.1, 0.15) is 29.1 Å². The van der Waals surface area contributed by atoms with E-state index in [0.29, 0.717) is 41.3 Å². The number of nitriles is 1. The summed E-state index contributed by atoms with van der Waals surface area (Å²) in [4.78, 5) is 22.7. The van der Waals surface area contributed by atoms with E-state index in [-0.39, 0.29) is 12.1 Å². The summed E-state index contributed by atoms with van der Waals surface area (Å²) < 4.78 is 14.1. The number of fused-ring (bicyclic) bond motifs is 1. The van der Waals surface area contributed by atoms with Crippen LogP contribution in [0.3, 0.4) is 0 Å². The van der Waals surface area contributed by atoms with E-state index in [2.05, 4.69) is 37.1 Å². The number of aromatic nitrogens is 4. The number of hydrogen-bond acceptors (Lipinski definition) is 7. The van der Waals surface area contributed by atoms with Crippen molar-refractivity contribution in [3.8, 4) is 17.7 Å². The molecule has 2 aromatic heterocycles. The highest BCUT2D eigenvalue weighted by Crippen LogP contribution is 2.32. The van der Waals surface area contributed by atoms with E-state index in [1.54, 1.807) is 29.3 Å². The van der Waals surface area contributed by atoms with E-state index in [1.165, 1.54) is 6.33 Å². The Hall–Kier alpha value is -3.19. The summed E-state index contributed by atoms with van der Waals surface area (Å²) in [7, 11) is 0. The first kappa shape index (κ1) is 22.0. The van der Waals surface area contributed by atoms with Crippen LogP contribution in [0.1, 0.15) is 45.2 Å². The standard InChI is InChI=1S/C22H23BrN6O3/c1-22(2,3)32-21(30)28-8-6-16(7-9-28)29-19-17(12-27-29)20(26-13-25-19)31-18-5-4-15(23)10-14(18)11-24/h4-5,10,12-13,16H,6-9H2,1-3H3. The van der Waals surface area contributed by atoms with Gasteiger partial charge in [-0.3, -0.25) is 0 Å². The number of carbonyl (C=O) groups is 1. The quantitative estimate of drug-likeness (QED) is 0.509. The third-order valence-corrected chi connectivity index (χ3v) is 5.58. The van der Waals surface area contributed by atoms with Crippen LogP contribution < -0.4 is 4.74 Å². The van der Waals surface area contributed by atoms with Gasteiger partial charge in [-0.1, -0.05) is 15.9 Å². The number of ether oxygens (including phenoxy) is 2. The fourth-order valence-corrected chi connectivity index (χ4v) is 3.95. The van der Waals surface area contributed by atoms with Gasteiger partial charge in [0.15, 0.2) is 5.65 Å². The number of benzene rings is 1. The van der Waals surface area contributed by atoms with E-state index >= 15 is 0 Å². The maximum Gasteiger partial charge on any atom is 0.410 e. The van der Waals surface area contributed by atoms with Gasteiger partial charge in [-0.05, 0) is 51.8 Å². The smallest absolute Gasteiger partial charge is 0.410 e. The first-order valence-electron chi connectivity index (χ1n) is 10.3. The van der Waals surface area contributed by atoms with Crippen LogP contribution >= 0.6 is 15.9 Å². The summed E-state index contributed by atoms with van der Waals surface area (Å²) in [6, 6.07) is 7.43. The maximum atomic E-state index is 12.3. The van der Waals surface area contributed by atoms with Crippen molar-refractivity contribution in [2.75, 3.05) is 13.1 Å². The number of piperidine rings is 1. The number of nitrogens with zero attached hydrogens (tertiary/aromatic N) is 6. The first-order chi connectivity index (χ1) is 15.2. The van der Waals surface area contributed by atoms with Crippen molar-refractivity contribution in [3.05, 3.63) is 40.8 Å². The normalized spacial score (nSPS) is 14.9.